The number of halogens is 1. The molecule has 12 heavy (non-hydrogen) atoms. The van der Waals surface area contributed by atoms with E-state index >= 15 is 0 Å². The van der Waals surface area contributed by atoms with Gasteiger partial charge in [-0.2, -0.15) is 0 Å². The first-order valence-corrected chi connectivity index (χ1v) is 4.11. The van der Waals surface area contributed by atoms with Gasteiger partial charge in [0.05, 0.1) is 0 Å². The number of hydrogen-bond acceptors (Lipinski definition) is 3. The van der Waals surface area contributed by atoms with Gasteiger partial charge in [0.1, 0.15) is 12.2 Å². The van der Waals surface area contributed by atoms with Crippen LogP contribution >= 0.6 is 15.9 Å². The summed E-state index contributed by atoms with van der Waals surface area (Å²) < 4.78 is 5.59. The molecule has 3 N–H and O–H groups in total. The van der Waals surface area contributed by atoms with Crippen LogP contribution in [0.5, 0.6) is 0 Å². The van der Waals surface area contributed by atoms with Gasteiger partial charge in [0.25, 0.3) is 0 Å². The number of nitrogens with two attached hydrogens (primary N) is 1. The molecular weight excluding hydrogens is 226 g/mol. The third-order valence-electron chi connectivity index (χ3n) is 1.35. The zero-order valence-corrected chi connectivity index (χ0v) is 7.80. The molecule has 0 aliphatic carbocycles. The molecule has 0 spiro atoms. The minimum atomic E-state index is -0.917. The topological polar surface area (TPSA) is 76.5 Å². The molecule has 0 saturated carbocycles. The van der Waals surface area contributed by atoms with Crippen molar-refractivity contribution in [3.8, 4) is 0 Å². The van der Waals surface area contributed by atoms with Gasteiger partial charge < -0.3 is 15.3 Å². The van der Waals surface area contributed by atoms with Gasteiger partial charge >= 0.3 is 5.97 Å². The first kappa shape index (κ1) is 9.28. The predicted molar refractivity (Wildman–Crippen MR) is 45.6 cm³/mol. The Morgan fingerprint density at radius 2 is 2.42 bits per heavy atom. The Morgan fingerprint density at radius 3 is 2.83 bits per heavy atom. The summed E-state index contributed by atoms with van der Waals surface area (Å²) >= 11 is 3.13. The lowest BCUT2D eigenvalue weighted by Gasteiger charge is -1.86. The lowest BCUT2D eigenvalue weighted by atomic mass is 10.3. The van der Waals surface area contributed by atoms with Crippen LogP contribution in [0.1, 0.15) is 11.3 Å². The van der Waals surface area contributed by atoms with E-state index in [1.54, 1.807) is 6.07 Å². The average molecular weight is 234 g/mol. The molecule has 1 rings (SSSR count). The van der Waals surface area contributed by atoms with Gasteiger partial charge in [0.2, 0.25) is 0 Å². The van der Waals surface area contributed by atoms with Crippen LogP contribution in [0.2, 0.25) is 0 Å². The van der Waals surface area contributed by atoms with E-state index in [1.165, 1.54) is 0 Å². The Bertz CT molecular complexity index is 295. The smallest absolute Gasteiger partial charge is 0.311 e. The van der Waals surface area contributed by atoms with Crippen LogP contribution in [-0.4, -0.2) is 11.1 Å². The molecule has 66 valence electrons. The van der Waals surface area contributed by atoms with Crippen molar-refractivity contribution in [2.75, 3.05) is 0 Å². The van der Waals surface area contributed by atoms with E-state index < -0.39 is 5.97 Å². The van der Waals surface area contributed by atoms with Crippen molar-refractivity contribution in [3.05, 3.63) is 22.1 Å². The fraction of sp³-hybridized carbons (Fsp3) is 0.286. The van der Waals surface area contributed by atoms with Gasteiger partial charge in [0, 0.05) is 12.1 Å². The van der Waals surface area contributed by atoms with Crippen LogP contribution < -0.4 is 5.73 Å². The molecule has 0 fully saturated rings. The molecule has 1 aromatic rings. The Hall–Kier alpha value is -0.810. The van der Waals surface area contributed by atoms with Gasteiger partial charge in [-0.25, -0.2) is 0 Å². The highest BCUT2D eigenvalue weighted by atomic mass is 79.9. The average Bonchev–Trinajstić information content (AvgIpc) is 2.29. The van der Waals surface area contributed by atoms with Crippen molar-refractivity contribution >= 4 is 21.9 Å². The van der Waals surface area contributed by atoms with E-state index in [1.807, 2.05) is 0 Å². The van der Waals surface area contributed by atoms with E-state index in [-0.39, 0.29) is 6.42 Å². The first-order chi connectivity index (χ1) is 5.63. The Labute approximate surface area is 77.5 Å². The largest absolute Gasteiger partial charge is 0.481 e. The fourth-order valence-electron chi connectivity index (χ4n) is 0.837. The third-order valence-corrected chi connectivity index (χ3v) is 2.02. The Balaban J connectivity index is 2.82. The molecule has 0 aromatic carbocycles. The van der Waals surface area contributed by atoms with Crippen LogP contribution in [0.3, 0.4) is 0 Å². The van der Waals surface area contributed by atoms with E-state index in [2.05, 4.69) is 15.9 Å². The minimum Gasteiger partial charge on any atom is -0.481 e. The summed E-state index contributed by atoms with van der Waals surface area (Å²) in [7, 11) is 0. The van der Waals surface area contributed by atoms with E-state index in [0.717, 1.165) is 5.56 Å². The molecule has 0 bridgehead atoms. The van der Waals surface area contributed by atoms with Crippen LogP contribution in [0.4, 0.5) is 0 Å². The third kappa shape index (κ3) is 2.09. The molecule has 0 unspecified atom stereocenters. The lowest BCUT2D eigenvalue weighted by molar-refractivity contribution is -0.136. The molecule has 0 aliphatic heterocycles. The summed E-state index contributed by atoms with van der Waals surface area (Å²) in [4.78, 5) is 10.3. The highest BCUT2D eigenvalue weighted by molar-refractivity contribution is 9.10. The molecule has 0 atom stereocenters. The summed E-state index contributed by atoms with van der Waals surface area (Å²) in [6.07, 6.45) is -0.113. The normalized spacial score (nSPS) is 10.2. The van der Waals surface area contributed by atoms with Gasteiger partial charge in [-0.05, 0) is 22.0 Å². The van der Waals surface area contributed by atoms with Crippen LogP contribution in [0.15, 0.2) is 15.2 Å². The number of carboxylic acids is 1. The molecule has 4 nitrogen and oxygen atoms in total. The number of hydrogen-bond donors (Lipinski definition) is 2. The molecule has 5 heteroatoms. The number of rotatable bonds is 3. The molecular formula is C7H8BrNO3. The summed E-state index contributed by atoms with van der Waals surface area (Å²) in [6.45, 7) is 0.337. The SMILES string of the molecule is NCc1cc(CC(=O)O)oc1Br. The van der Waals surface area contributed by atoms with Crippen LogP contribution in [0, 0.1) is 0 Å². The van der Waals surface area contributed by atoms with Crippen molar-refractivity contribution in [3.63, 3.8) is 0 Å². The van der Waals surface area contributed by atoms with Crippen molar-refractivity contribution in [2.45, 2.75) is 13.0 Å². The standard InChI is InChI=1S/C7H8BrNO3/c8-7-4(3-9)1-5(12-7)2-6(10)11/h1H,2-3,9H2,(H,10,11). The van der Waals surface area contributed by atoms with Gasteiger partial charge in [0.15, 0.2) is 4.67 Å². The maximum atomic E-state index is 10.3. The van der Waals surface area contributed by atoms with Crippen molar-refractivity contribution in [1.82, 2.24) is 0 Å². The van der Waals surface area contributed by atoms with Gasteiger partial charge in [-0.15, -0.1) is 0 Å². The first-order valence-electron chi connectivity index (χ1n) is 3.32. The van der Waals surface area contributed by atoms with E-state index in [4.69, 9.17) is 15.3 Å². The second-order valence-corrected chi connectivity index (χ2v) is 3.01. The van der Waals surface area contributed by atoms with Crippen molar-refractivity contribution < 1.29 is 14.3 Å². The molecule has 0 amide bonds. The summed E-state index contributed by atoms with van der Waals surface area (Å²) in [5, 5.41) is 8.43. The monoisotopic (exact) mass is 233 g/mol. The second kappa shape index (κ2) is 3.73. The maximum absolute atomic E-state index is 10.3. The molecule has 0 saturated heterocycles. The Morgan fingerprint density at radius 1 is 1.75 bits per heavy atom. The minimum absolute atomic E-state index is 0.113. The highest BCUT2D eigenvalue weighted by Gasteiger charge is 2.09. The molecule has 1 heterocycles. The van der Waals surface area contributed by atoms with Gasteiger partial charge in [-0.3, -0.25) is 4.79 Å². The number of furan rings is 1. The predicted octanol–water partition coefficient (Wildman–Crippen LogP) is 1.13. The van der Waals surface area contributed by atoms with E-state index in [0.29, 0.717) is 17.0 Å². The van der Waals surface area contributed by atoms with Crippen LogP contribution in [0.25, 0.3) is 0 Å². The van der Waals surface area contributed by atoms with Crippen molar-refractivity contribution in [2.24, 2.45) is 5.73 Å². The van der Waals surface area contributed by atoms with Crippen molar-refractivity contribution in [1.29, 1.82) is 0 Å². The lowest BCUT2D eigenvalue weighted by Crippen LogP contribution is -1.98. The zero-order chi connectivity index (χ0) is 9.14. The quantitative estimate of drug-likeness (QED) is 0.821. The molecule has 0 aliphatic rings. The summed E-state index contributed by atoms with van der Waals surface area (Å²) in [6, 6.07) is 1.64. The number of carbonyl (C=O) groups is 1. The Kier molecular flexibility index (Phi) is 2.88. The maximum Gasteiger partial charge on any atom is 0.311 e. The highest BCUT2D eigenvalue weighted by Crippen LogP contribution is 2.21. The van der Waals surface area contributed by atoms with Gasteiger partial charge in [-0.1, -0.05) is 0 Å². The van der Waals surface area contributed by atoms with Crippen LogP contribution in [-0.2, 0) is 17.8 Å². The fourth-order valence-corrected chi connectivity index (χ4v) is 1.32. The molecule has 1 aromatic heterocycles. The second-order valence-electron chi connectivity index (χ2n) is 2.29. The number of aliphatic carboxylic acids is 1. The summed E-state index contributed by atoms with van der Waals surface area (Å²) in [5.74, 6) is -0.505. The zero-order valence-electron chi connectivity index (χ0n) is 6.21. The summed E-state index contributed by atoms with van der Waals surface area (Å²) in [5.41, 5.74) is 6.14. The molecule has 0 radical (unpaired) electrons. The van der Waals surface area contributed by atoms with E-state index in [9.17, 15) is 4.79 Å². The number of carboxylic acid groups (broad SMARTS) is 1.